The van der Waals surface area contributed by atoms with Crippen LogP contribution in [0.15, 0.2) is 41.1 Å². The summed E-state index contributed by atoms with van der Waals surface area (Å²) in [6.07, 6.45) is -0.257. The van der Waals surface area contributed by atoms with E-state index in [1.165, 1.54) is 23.5 Å². The summed E-state index contributed by atoms with van der Waals surface area (Å²) in [5.74, 6) is -0.930. The number of thiophene rings is 1. The fourth-order valence-corrected chi connectivity index (χ4v) is 3.61. The number of rotatable bonds is 6. The first-order valence-corrected chi connectivity index (χ1v) is 9.82. The van der Waals surface area contributed by atoms with E-state index < -0.39 is 23.6 Å². The van der Waals surface area contributed by atoms with Crippen molar-refractivity contribution in [2.75, 3.05) is 6.61 Å². The summed E-state index contributed by atoms with van der Waals surface area (Å²) in [6, 6.07) is 7.18. The fourth-order valence-electron chi connectivity index (χ4n) is 2.97. The normalized spacial score (nSPS) is 22.6. The van der Waals surface area contributed by atoms with Gasteiger partial charge in [-0.25, -0.2) is 0 Å². The van der Waals surface area contributed by atoms with Crippen molar-refractivity contribution in [1.82, 2.24) is 10.6 Å². The molecule has 1 fully saturated rings. The second-order valence-electron chi connectivity index (χ2n) is 6.98. The Bertz CT molecular complexity index is 865. The molecule has 0 saturated carbocycles. The molecule has 148 valence electrons. The highest BCUT2D eigenvalue weighted by molar-refractivity contribution is 7.08. The zero-order valence-corrected chi connectivity index (χ0v) is 16.4. The zero-order chi connectivity index (χ0) is 20.3. The SMILES string of the molecule is C[C@H]1OCC(=O)[C@]1(C)NC(=O)[C@H](Cc1ccc(O)cc1)NC(=O)c1ccsc1. The monoisotopic (exact) mass is 402 g/mol. The highest BCUT2D eigenvalue weighted by atomic mass is 32.1. The van der Waals surface area contributed by atoms with E-state index in [1.54, 1.807) is 42.8 Å². The molecule has 2 amide bonds. The molecule has 8 heteroatoms. The second kappa shape index (κ2) is 8.12. The van der Waals surface area contributed by atoms with Crippen molar-refractivity contribution in [3.63, 3.8) is 0 Å². The van der Waals surface area contributed by atoms with Crippen molar-refractivity contribution in [2.45, 2.75) is 38.0 Å². The average molecular weight is 402 g/mol. The number of hydrogen-bond acceptors (Lipinski definition) is 6. The van der Waals surface area contributed by atoms with E-state index in [2.05, 4.69) is 10.6 Å². The van der Waals surface area contributed by atoms with Crippen LogP contribution in [0.25, 0.3) is 0 Å². The van der Waals surface area contributed by atoms with Gasteiger partial charge in [0.05, 0.1) is 11.7 Å². The molecular formula is C20H22N2O5S. The van der Waals surface area contributed by atoms with Crippen LogP contribution in [0.5, 0.6) is 5.75 Å². The minimum atomic E-state index is -1.14. The third-order valence-electron chi connectivity index (χ3n) is 5.02. The standard InChI is InChI=1S/C20H22N2O5S/c1-12-20(2,17(24)10-27-12)22-19(26)16(9-13-3-5-15(23)6-4-13)21-18(25)14-7-8-28-11-14/h3-8,11-12,16,23H,9-10H2,1-2H3,(H,21,25)(H,22,26)/t12-,16+,20-/m1/s1. The number of nitrogens with one attached hydrogen (secondary N) is 2. The van der Waals surface area contributed by atoms with E-state index in [1.807, 2.05) is 0 Å². The van der Waals surface area contributed by atoms with Gasteiger partial charge in [0, 0.05) is 11.8 Å². The highest BCUT2D eigenvalue weighted by Gasteiger charge is 2.47. The molecule has 3 rings (SSSR count). The van der Waals surface area contributed by atoms with Gasteiger partial charge in [-0.15, -0.1) is 0 Å². The summed E-state index contributed by atoms with van der Waals surface area (Å²) in [7, 11) is 0. The molecule has 2 aromatic rings. The lowest BCUT2D eigenvalue weighted by atomic mass is 9.92. The third-order valence-corrected chi connectivity index (χ3v) is 5.70. The highest BCUT2D eigenvalue weighted by Crippen LogP contribution is 2.22. The number of Topliss-reactive ketones (excluding diaryl/α,β-unsaturated/α-hetero) is 1. The average Bonchev–Trinajstić information content (AvgIpc) is 3.28. The van der Waals surface area contributed by atoms with Gasteiger partial charge >= 0.3 is 0 Å². The van der Waals surface area contributed by atoms with Crippen LogP contribution in [0.3, 0.4) is 0 Å². The molecule has 28 heavy (non-hydrogen) atoms. The number of aromatic hydroxyl groups is 1. The summed E-state index contributed by atoms with van der Waals surface area (Å²) in [4.78, 5) is 37.7. The molecule has 3 atom stereocenters. The molecule has 0 aliphatic carbocycles. The maximum Gasteiger partial charge on any atom is 0.252 e. The summed E-state index contributed by atoms with van der Waals surface area (Å²) in [6.45, 7) is 3.30. The predicted molar refractivity (Wildman–Crippen MR) is 104 cm³/mol. The fraction of sp³-hybridized carbons (Fsp3) is 0.350. The number of benzene rings is 1. The molecule has 0 unspecified atom stereocenters. The van der Waals surface area contributed by atoms with Crippen molar-refractivity contribution >= 4 is 28.9 Å². The van der Waals surface area contributed by atoms with E-state index in [0.29, 0.717) is 5.56 Å². The predicted octanol–water partition coefficient (Wildman–Crippen LogP) is 1.66. The molecule has 1 aromatic carbocycles. The summed E-state index contributed by atoms with van der Waals surface area (Å²) in [5.41, 5.74) is 0.0846. The van der Waals surface area contributed by atoms with Gasteiger partial charge in [-0.1, -0.05) is 12.1 Å². The Morgan fingerprint density at radius 1 is 1.32 bits per heavy atom. The Morgan fingerprint density at radius 3 is 2.61 bits per heavy atom. The van der Waals surface area contributed by atoms with Crippen LogP contribution >= 0.6 is 11.3 Å². The Labute approximate surface area is 166 Å². The van der Waals surface area contributed by atoms with Crippen LogP contribution in [-0.4, -0.2) is 47.0 Å². The minimum Gasteiger partial charge on any atom is -0.508 e. The molecule has 7 nitrogen and oxygen atoms in total. The molecule has 0 bridgehead atoms. The van der Waals surface area contributed by atoms with Crippen LogP contribution < -0.4 is 10.6 Å². The topological polar surface area (TPSA) is 105 Å². The first kappa shape index (κ1) is 20.0. The van der Waals surface area contributed by atoms with Crippen molar-refractivity contribution in [3.05, 3.63) is 52.2 Å². The van der Waals surface area contributed by atoms with Gasteiger partial charge in [0.1, 0.15) is 23.9 Å². The summed E-state index contributed by atoms with van der Waals surface area (Å²) < 4.78 is 5.35. The maximum absolute atomic E-state index is 13.0. The first-order chi connectivity index (χ1) is 13.3. The third kappa shape index (κ3) is 4.23. The summed E-state index contributed by atoms with van der Waals surface area (Å²) >= 11 is 1.38. The van der Waals surface area contributed by atoms with Gasteiger partial charge in [-0.05, 0) is 43.0 Å². The van der Waals surface area contributed by atoms with Gasteiger partial charge < -0.3 is 20.5 Å². The molecule has 1 saturated heterocycles. The number of carbonyl (C=O) groups is 3. The van der Waals surface area contributed by atoms with E-state index in [0.717, 1.165) is 5.56 Å². The number of ketones is 1. The van der Waals surface area contributed by atoms with Gasteiger partial charge in [-0.2, -0.15) is 11.3 Å². The molecular weight excluding hydrogens is 380 g/mol. The zero-order valence-electron chi connectivity index (χ0n) is 15.6. The summed E-state index contributed by atoms with van der Waals surface area (Å²) in [5, 5.41) is 18.4. The van der Waals surface area contributed by atoms with Crippen molar-refractivity contribution < 1.29 is 24.2 Å². The van der Waals surface area contributed by atoms with E-state index in [4.69, 9.17) is 4.74 Å². The van der Waals surface area contributed by atoms with Crippen molar-refractivity contribution in [3.8, 4) is 5.75 Å². The van der Waals surface area contributed by atoms with Crippen LogP contribution in [0.4, 0.5) is 0 Å². The number of phenols is 1. The Kier molecular flexibility index (Phi) is 5.81. The molecule has 0 radical (unpaired) electrons. The van der Waals surface area contributed by atoms with Crippen molar-refractivity contribution in [2.24, 2.45) is 0 Å². The Balaban J connectivity index is 1.80. The lowest BCUT2D eigenvalue weighted by molar-refractivity contribution is -0.130. The number of amides is 2. The van der Waals surface area contributed by atoms with Crippen LogP contribution in [0.1, 0.15) is 29.8 Å². The largest absolute Gasteiger partial charge is 0.508 e. The van der Waals surface area contributed by atoms with Gasteiger partial charge in [0.15, 0.2) is 5.78 Å². The molecule has 1 aliphatic rings. The van der Waals surface area contributed by atoms with Crippen molar-refractivity contribution in [1.29, 1.82) is 0 Å². The van der Waals surface area contributed by atoms with Gasteiger partial charge in [0.25, 0.3) is 5.91 Å². The number of ether oxygens (including phenoxy) is 1. The van der Waals surface area contributed by atoms with E-state index in [9.17, 15) is 19.5 Å². The maximum atomic E-state index is 13.0. The van der Waals surface area contributed by atoms with Crippen LogP contribution in [-0.2, 0) is 20.7 Å². The number of hydrogen-bond donors (Lipinski definition) is 3. The number of carbonyl (C=O) groups excluding carboxylic acids is 3. The second-order valence-corrected chi connectivity index (χ2v) is 7.76. The molecule has 1 aliphatic heterocycles. The number of phenolic OH excluding ortho intramolecular Hbond substituents is 1. The Morgan fingerprint density at radius 2 is 2.04 bits per heavy atom. The van der Waals surface area contributed by atoms with E-state index >= 15 is 0 Å². The van der Waals surface area contributed by atoms with Crippen LogP contribution in [0.2, 0.25) is 0 Å². The van der Waals surface area contributed by atoms with E-state index in [-0.39, 0.29) is 30.5 Å². The quantitative estimate of drug-likeness (QED) is 0.682. The van der Waals surface area contributed by atoms with Crippen LogP contribution in [0, 0.1) is 0 Å². The van der Waals surface area contributed by atoms with Gasteiger partial charge in [-0.3, -0.25) is 14.4 Å². The van der Waals surface area contributed by atoms with Gasteiger partial charge in [0.2, 0.25) is 5.91 Å². The Hall–Kier alpha value is -2.71. The molecule has 1 aromatic heterocycles. The molecule has 3 N–H and O–H groups in total. The molecule has 2 heterocycles. The minimum absolute atomic E-state index is 0.0537. The molecule has 0 spiro atoms. The lowest BCUT2D eigenvalue weighted by Gasteiger charge is -2.29. The lowest BCUT2D eigenvalue weighted by Crippen LogP contribution is -2.60. The first-order valence-electron chi connectivity index (χ1n) is 8.87. The smallest absolute Gasteiger partial charge is 0.252 e.